The Balaban J connectivity index is 1.45. The molecule has 2 unspecified atom stereocenters. The molecule has 0 radical (unpaired) electrons. The molecule has 0 aromatic carbocycles. The average molecular weight is 295 g/mol. The lowest BCUT2D eigenvalue weighted by Gasteiger charge is -2.19. The lowest BCUT2D eigenvalue weighted by molar-refractivity contribution is -0.00476. The maximum Gasteiger partial charge on any atom is 0.0598 e. The molecule has 0 aromatic rings. The molecule has 0 saturated heterocycles. The number of unbranched alkanes of at least 4 members (excludes halogenated alkanes) is 3. The first-order valence-electron chi connectivity index (χ1n) is 9.68. The van der Waals surface area contributed by atoms with Crippen molar-refractivity contribution in [3.63, 3.8) is 0 Å². The highest BCUT2D eigenvalue weighted by atomic mass is 16.5. The first-order chi connectivity index (χ1) is 10.0. The second kappa shape index (κ2) is 8.56. The van der Waals surface area contributed by atoms with Crippen molar-refractivity contribution in [2.75, 3.05) is 6.61 Å². The van der Waals surface area contributed by atoms with Gasteiger partial charge >= 0.3 is 0 Å². The van der Waals surface area contributed by atoms with Crippen molar-refractivity contribution in [3.8, 4) is 0 Å². The second-order valence-electron chi connectivity index (χ2n) is 8.65. The van der Waals surface area contributed by atoms with Crippen molar-refractivity contribution in [1.82, 2.24) is 0 Å². The zero-order chi connectivity index (χ0) is 15.1. The lowest BCUT2D eigenvalue weighted by atomic mass is 9.88. The molecule has 0 amide bonds. The van der Waals surface area contributed by atoms with E-state index in [9.17, 15) is 0 Å². The van der Waals surface area contributed by atoms with E-state index in [1.807, 2.05) is 0 Å². The molecule has 21 heavy (non-hydrogen) atoms. The van der Waals surface area contributed by atoms with Crippen molar-refractivity contribution in [3.05, 3.63) is 0 Å². The van der Waals surface area contributed by atoms with Crippen molar-refractivity contribution in [2.24, 2.45) is 17.8 Å². The summed E-state index contributed by atoms with van der Waals surface area (Å²) in [6.45, 7) is 7.38. The third kappa shape index (κ3) is 6.72. The molecular formula is C20H38O. The molecule has 1 heteroatoms. The molecule has 0 aliphatic heterocycles. The van der Waals surface area contributed by atoms with Crippen LogP contribution in [-0.2, 0) is 4.74 Å². The van der Waals surface area contributed by atoms with E-state index in [0.717, 1.165) is 24.4 Å². The largest absolute Gasteiger partial charge is 0.376 e. The van der Waals surface area contributed by atoms with Gasteiger partial charge in [0.1, 0.15) is 0 Å². The van der Waals surface area contributed by atoms with Crippen LogP contribution in [0.15, 0.2) is 0 Å². The first-order valence-corrected chi connectivity index (χ1v) is 9.68. The SMILES string of the molecule is CC(C)(C)OCCCCCCC1CCC(C2CCCC2)C1. The minimum absolute atomic E-state index is 0.0408. The molecule has 0 N–H and O–H groups in total. The van der Waals surface area contributed by atoms with Crippen LogP contribution in [0.3, 0.4) is 0 Å². The third-order valence-electron chi connectivity index (χ3n) is 5.69. The van der Waals surface area contributed by atoms with Crippen molar-refractivity contribution in [2.45, 2.75) is 103 Å². The van der Waals surface area contributed by atoms with Crippen LogP contribution in [0.25, 0.3) is 0 Å². The normalized spacial score (nSPS) is 27.6. The van der Waals surface area contributed by atoms with Crippen molar-refractivity contribution < 1.29 is 4.74 Å². The van der Waals surface area contributed by atoms with Gasteiger partial charge in [-0.1, -0.05) is 57.8 Å². The second-order valence-corrected chi connectivity index (χ2v) is 8.65. The molecule has 2 atom stereocenters. The summed E-state index contributed by atoms with van der Waals surface area (Å²) in [6, 6.07) is 0. The highest BCUT2D eigenvalue weighted by molar-refractivity contribution is 4.83. The third-order valence-corrected chi connectivity index (χ3v) is 5.69. The molecule has 0 spiro atoms. The fourth-order valence-corrected chi connectivity index (χ4v) is 4.50. The van der Waals surface area contributed by atoms with Gasteiger partial charge in [-0.25, -0.2) is 0 Å². The fraction of sp³-hybridized carbons (Fsp3) is 1.00. The Kier molecular flexibility index (Phi) is 7.05. The molecule has 0 aromatic heterocycles. The van der Waals surface area contributed by atoms with Crippen LogP contribution in [0.2, 0.25) is 0 Å². The molecule has 124 valence electrons. The van der Waals surface area contributed by atoms with Crippen molar-refractivity contribution >= 4 is 0 Å². The predicted molar refractivity (Wildman–Crippen MR) is 91.6 cm³/mol. The van der Waals surface area contributed by atoms with Crippen LogP contribution >= 0.6 is 0 Å². The van der Waals surface area contributed by atoms with E-state index in [-0.39, 0.29) is 5.60 Å². The molecule has 2 fully saturated rings. The minimum Gasteiger partial charge on any atom is -0.376 e. The Morgan fingerprint density at radius 3 is 2.24 bits per heavy atom. The van der Waals surface area contributed by atoms with Gasteiger partial charge in [0.05, 0.1) is 5.60 Å². The fourth-order valence-electron chi connectivity index (χ4n) is 4.50. The van der Waals surface area contributed by atoms with Gasteiger partial charge in [0.15, 0.2) is 0 Å². The van der Waals surface area contributed by atoms with E-state index >= 15 is 0 Å². The molecular weight excluding hydrogens is 256 g/mol. The van der Waals surface area contributed by atoms with E-state index in [1.165, 1.54) is 51.4 Å². The maximum atomic E-state index is 5.78. The van der Waals surface area contributed by atoms with Gasteiger partial charge in [-0.3, -0.25) is 0 Å². The number of hydrogen-bond acceptors (Lipinski definition) is 1. The summed E-state index contributed by atoms with van der Waals surface area (Å²) in [5, 5.41) is 0. The lowest BCUT2D eigenvalue weighted by Crippen LogP contribution is -2.19. The summed E-state index contributed by atoms with van der Waals surface area (Å²) in [5.74, 6) is 3.30. The molecule has 2 saturated carbocycles. The standard InChI is InChI=1S/C20H38O/c1-20(2,3)21-15-9-5-4-6-10-17-13-14-19(16-17)18-11-7-8-12-18/h17-19H,4-16H2,1-3H3. The van der Waals surface area contributed by atoms with Gasteiger partial charge in [0.25, 0.3) is 0 Å². The number of rotatable bonds is 8. The number of hydrogen-bond donors (Lipinski definition) is 0. The van der Waals surface area contributed by atoms with Gasteiger partial charge in [-0.2, -0.15) is 0 Å². The zero-order valence-corrected chi connectivity index (χ0v) is 14.8. The smallest absolute Gasteiger partial charge is 0.0598 e. The van der Waals surface area contributed by atoms with E-state index in [0.29, 0.717) is 0 Å². The van der Waals surface area contributed by atoms with E-state index in [2.05, 4.69) is 20.8 Å². The molecule has 1 nitrogen and oxygen atoms in total. The first kappa shape index (κ1) is 17.3. The maximum absolute atomic E-state index is 5.78. The topological polar surface area (TPSA) is 9.23 Å². The Morgan fingerprint density at radius 1 is 0.810 bits per heavy atom. The Bertz CT molecular complexity index is 272. The average Bonchev–Trinajstić information content (AvgIpc) is 3.07. The van der Waals surface area contributed by atoms with Crippen LogP contribution in [0.5, 0.6) is 0 Å². The monoisotopic (exact) mass is 294 g/mol. The van der Waals surface area contributed by atoms with Gasteiger partial charge in [-0.05, 0) is 57.8 Å². The van der Waals surface area contributed by atoms with Gasteiger partial charge in [0, 0.05) is 6.61 Å². The van der Waals surface area contributed by atoms with Gasteiger partial charge < -0.3 is 4.74 Å². The van der Waals surface area contributed by atoms with Crippen LogP contribution in [0, 0.1) is 17.8 Å². The Hall–Kier alpha value is -0.0400. The van der Waals surface area contributed by atoms with E-state index in [1.54, 1.807) is 25.7 Å². The molecule has 2 aliphatic rings. The van der Waals surface area contributed by atoms with E-state index < -0.39 is 0 Å². The summed E-state index contributed by atoms with van der Waals surface area (Å²) in [6.07, 6.45) is 17.8. The van der Waals surface area contributed by atoms with Crippen LogP contribution in [-0.4, -0.2) is 12.2 Å². The number of ether oxygens (including phenoxy) is 1. The van der Waals surface area contributed by atoms with Crippen LogP contribution in [0.1, 0.15) is 97.8 Å². The molecule has 0 heterocycles. The van der Waals surface area contributed by atoms with E-state index in [4.69, 9.17) is 4.74 Å². The molecule has 2 aliphatic carbocycles. The zero-order valence-electron chi connectivity index (χ0n) is 14.8. The minimum atomic E-state index is 0.0408. The van der Waals surface area contributed by atoms with Gasteiger partial charge in [-0.15, -0.1) is 0 Å². The highest BCUT2D eigenvalue weighted by Gasteiger charge is 2.31. The van der Waals surface area contributed by atoms with Crippen LogP contribution in [0.4, 0.5) is 0 Å². The summed E-state index contributed by atoms with van der Waals surface area (Å²) >= 11 is 0. The highest BCUT2D eigenvalue weighted by Crippen LogP contribution is 2.44. The quantitative estimate of drug-likeness (QED) is 0.473. The Labute approximate surface area is 133 Å². The molecule has 0 bridgehead atoms. The summed E-state index contributed by atoms with van der Waals surface area (Å²) in [4.78, 5) is 0. The summed E-state index contributed by atoms with van der Waals surface area (Å²) in [5.41, 5.74) is 0.0408. The Morgan fingerprint density at radius 2 is 1.52 bits per heavy atom. The summed E-state index contributed by atoms with van der Waals surface area (Å²) in [7, 11) is 0. The van der Waals surface area contributed by atoms with Crippen molar-refractivity contribution in [1.29, 1.82) is 0 Å². The predicted octanol–water partition coefficient (Wildman–Crippen LogP) is 6.36. The molecule has 2 rings (SSSR count). The summed E-state index contributed by atoms with van der Waals surface area (Å²) < 4.78 is 5.78. The van der Waals surface area contributed by atoms with Gasteiger partial charge in [0.2, 0.25) is 0 Å². The van der Waals surface area contributed by atoms with Crippen LogP contribution < -0.4 is 0 Å².